The highest BCUT2D eigenvalue weighted by atomic mass is 32.2. The van der Waals surface area contributed by atoms with E-state index in [0.717, 1.165) is 19.6 Å². The summed E-state index contributed by atoms with van der Waals surface area (Å²) in [5.41, 5.74) is 0. The molecule has 0 aromatic carbocycles. The van der Waals surface area contributed by atoms with Crippen LogP contribution in [0.3, 0.4) is 0 Å². The summed E-state index contributed by atoms with van der Waals surface area (Å²) in [6.45, 7) is 13.6. The molecule has 0 fully saturated rings. The third kappa shape index (κ3) is 9.21. The quantitative estimate of drug-likeness (QED) is 0.583. The molecule has 0 aromatic rings. The first kappa shape index (κ1) is 15.3. The Morgan fingerprint density at radius 1 is 1.20 bits per heavy atom. The predicted molar refractivity (Wildman–Crippen MR) is 72.9 cm³/mol. The Kier molecular flexibility index (Phi) is 11.0. The maximum absolute atomic E-state index is 3.59. The first-order valence-electron chi connectivity index (χ1n) is 6.28. The summed E-state index contributed by atoms with van der Waals surface area (Å²) in [5.74, 6) is 2.53. The Hall–Kier alpha value is 0.270. The topological polar surface area (TPSA) is 15.3 Å². The average molecular weight is 232 g/mol. The van der Waals surface area contributed by atoms with Gasteiger partial charge in [-0.1, -0.05) is 20.8 Å². The van der Waals surface area contributed by atoms with E-state index in [9.17, 15) is 0 Å². The van der Waals surface area contributed by atoms with Crippen LogP contribution in [0.2, 0.25) is 0 Å². The highest BCUT2D eigenvalue weighted by molar-refractivity contribution is 7.99. The lowest BCUT2D eigenvalue weighted by atomic mass is 10.2. The van der Waals surface area contributed by atoms with Gasteiger partial charge in [0, 0.05) is 19.1 Å². The van der Waals surface area contributed by atoms with Crippen LogP contribution in [0.4, 0.5) is 0 Å². The molecule has 2 nitrogen and oxygen atoms in total. The standard InChI is InChI=1S/C12H28N2S/c1-5-14(6-2)10-9-13-12(4)8-11-15-7-3/h12-13H,5-11H2,1-4H3. The zero-order valence-electron chi connectivity index (χ0n) is 10.9. The number of nitrogens with zero attached hydrogens (tertiary/aromatic N) is 1. The second-order valence-electron chi connectivity index (χ2n) is 3.87. The van der Waals surface area contributed by atoms with Crippen molar-refractivity contribution < 1.29 is 0 Å². The first-order chi connectivity index (χ1) is 7.24. The average Bonchev–Trinajstić information content (AvgIpc) is 2.25. The van der Waals surface area contributed by atoms with E-state index < -0.39 is 0 Å². The van der Waals surface area contributed by atoms with E-state index in [2.05, 4.69) is 37.9 Å². The fourth-order valence-corrected chi connectivity index (χ4v) is 2.32. The summed E-state index contributed by atoms with van der Waals surface area (Å²) in [4.78, 5) is 2.46. The molecule has 0 rings (SSSR count). The molecule has 0 radical (unpaired) electrons. The lowest BCUT2D eigenvalue weighted by Gasteiger charge is -2.20. The Balaban J connectivity index is 3.33. The maximum Gasteiger partial charge on any atom is 0.0107 e. The van der Waals surface area contributed by atoms with Crippen molar-refractivity contribution in [2.45, 2.75) is 40.2 Å². The number of thioether (sulfide) groups is 1. The van der Waals surface area contributed by atoms with Crippen LogP contribution < -0.4 is 5.32 Å². The summed E-state index contributed by atoms with van der Waals surface area (Å²) in [7, 11) is 0. The van der Waals surface area contributed by atoms with Crippen LogP contribution in [0.15, 0.2) is 0 Å². The third-order valence-corrected chi connectivity index (χ3v) is 3.65. The van der Waals surface area contributed by atoms with Crippen LogP contribution in [0, 0.1) is 0 Å². The van der Waals surface area contributed by atoms with E-state index in [0.29, 0.717) is 6.04 Å². The molecule has 1 atom stereocenters. The predicted octanol–water partition coefficient (Wildman–Crippen LogP) is 2.45. The van der Waals surface area contributed by atoms with E-state index in [4.69, 9.17) is 0 Å². The molecule has 1 N–H and O–H groups in total. The normalized spacial score (nSPS) is 13.4. The van der Waals surface area contributed by atoms with E-state index in [1.165, 1.54) is 24.5 Å². The van der Waals surface area contributed by atoms with Crippen molar-refractivity contribution in [1.82, 2.24) is 10.2 Å². The molecular formula is C12H28N2S. The zero-order chi connectivity index (χ0) is 11.5. The summed E-state index contributed by atoms with van der Waals surface area (Å²) in [6, 6.07) is 0.666. The van der Waals surface area contributed by atoms with Gasteiger partial charge in [-0.25, -0.2) is 0 Å². The molecule has 0 aliphatic rings. The van der Waals surface area contributed by atoms with Gasteiger partial charge in [-0.15, -0.1) is 0 Å². The van der Waals surface area contributed by atoms with Crippen LogP contribution in [-0.4, -0.2) is 48.6 Å². The Morgan fingerprint density at radius 2 is 1.87 bits per heavy atom. The molecule has 0 spiro atoms. The second kappa shape index (κ2) is 10.8. The summed E-state index contributed by atoms with van der Waals surface area (Å²) >= 11 is 2.03. The lowest BCUT2D eigenvalue weighted by Crippen LogP contribution is -2.36. The summed E-state index contributed by atoms with van der Waals surface area (Å²) in [5, 5.41) is 3.59. The molecule has 1 unspecified atom stereocenters. The molecule has 0 aromatic heterocycles. The van der Waals surface area contributed by atoms with E-state index in [1.807, 2.05) is 11.8 Å². The Morgan fingerprint density at radius 3 is 2.40 bits per heavy atom. The van der Waals surface area contributed by atoms with Gasteiger partial charge in [-0.05, 0) is 37.9 Å². The van der Waals surface area contributed by atoms with Gasteiger partial charge in [0.2, 0.25) is 0 Å². The Bertz CT molecular complexity index is 127. The second-order valence-corrected chi connectivity index (χ2v) is 5.26. The van der Waals surface area contributed by atoms with Crippen molar-refractivity contribution in [2.24, 2.45) is 0 Å². The van der Waals surface area contributed by atoms with Gasteiger partial charge in [-0.3, -0.25) is 0 Å². The summed E-state index contributed by atoms with van der Waals surface area (Å²) in [6.07, 6.45) is 1.29. The van der Waals surface area contributed by atoms with Crippen LogP contribution >= 0.6 is 11.8 Å². The number of rotatable bonds is 10. The monoisotopic (exact) mass is 232 g/mol. The minimum absolute atomic E-state index is 0.666. The molecular weight excluding hydrogens is 204 g/mol. The van der Waals surface area contributed by atoms with Gasteiger partial charge in [0.25, 0.3) is 0 Å². The van der Waals surface area contributed by atoms with Crippen LogP contribution in [0.1, 0.15) is 34.1 Å². The van der Waals surface area contributed by atoms with Crippen molar-refractivity contribution in [3.63, 3.8) is 0 Å². The number of hydrogen-bond donors (Lipinski definition) is 1. The van der Waals surface area contributed by atoms with Gasteiger partial charge in [-0.2, -0.15) is 11.8 Å². The third-order valence-electron chi connectivity index (χ3n) is 2.71. The van der Waals surface area contributed by atoms with Gasteiger partial charge < -0.3 is 10.2 Å². The van der Waals surface area contributed by atoms with Crippen molar-refractivity contribution in [3.8, 4) is 0 Å². The molecule has 0 aliphatic heterocycles. The van der Waals surface area contributed by atoms with E-state index >= 15 is 0 Å². The van der Waals surface area contributed by atoms with Crippen LogP contribution in [0.25, 0.3) is 0 Å². The van der Waals surface area contributed by atoms with Gasteiger partial charge in [0.05, 0.1) is 0 Å². The lowest BCUT2D eigenvalue weighted by molar-refractivity contribution is 0.297. The first-order valence-corrected chi connectivity index (χ1v) is 7.43. The smallest absolute Gasteiger partial charge is 0.0107 e. The minimum Gasteiger partial charge on any atom is -0.313 e. The number of likely N-dealkylation sites (N-methyl/N-ethyl adjacent to an activating group) is 1. The molecule has 0 saturated heterocycles. The molecule has 0 amide bonds. The van der Waals surface area contributed by atoms with Crippen molar-refractivity contribution in [1.29, 1.82) is 0 Å². The Labute approximate surface area is 100 Å². The number of hydrogen-bond acceptors (Lipinski definition) is 3. The highest BCUT2D eigenvalue weighted by Gasteiger charge is 2.02. The maximum atomic E-state index is 3.59. The molecule has 92 valence electrons. The fraction of sp³-hybridized carbons (Fsp3) is 1.00. The fourth-order valence-electron chi connectivity index (χ4n) is 1.52. The van der Waals surface area contributed by atoms with Crippen molar-refractivity contribution >= 4 is 11.8 Å². The van der Waals surface area contributed by atoms with E-state index in [1.54, 1.807) is 0 Å². The van der Waals surface area contributed by atoms with Gasteiger partial charge in [0.15, 0.2) is 0 Å². The largest absolute Gasteiger partial charge is 0.313 e. The van der Waals surface area contributed by atoms with Crippen LogP contribution in [0.5, 0.6) is 0 Å². The van der Waals surface area contributed by atoms with Crippen molar-refractivity contribution in [2.75, 3.05) is 37.7 Å². The molecule has 0 saturated carbocycles. The number of nitrogens with one attached hydrogen (secondary N) is 1. The highest BCUT2D eigenvalue weighted by Crippen LogP contribution is 2.03. The van der Waals surface area contributed by atoms with Gasteiger partial charge >= 0.3 is 0 Å². The summed E-state index contributed by atoms with van der Waals surface area (Å²) < 4.78 is 0. The zero-order valence-corrected chi connectivity index (χ0v) is 11.7. The van der Waals surface area contributed by atoms with Crippen LogP contribution in [-0.2, 0) is 0 Å². The van der Waals surface area contributed by atoms with Crippen molar-refractivity contribution in [3.05, 3.63) is 0 Å². The molecule has 3 heteroatoms. The molecule has 0 bridgehead atoms. The SMILES string of the molecule is CCSCCC(C)NCCN(CC)CC. The molecule has 0 aliphatic carbocycles. The minimum atomic E-state index is 0.666. The molecule has 15 heavy (non-hydrogen) atoms. The van der Waals surface area contributed by atoms with E-state index in [-0.39, 0.29) is 0 Å². The molecule has 0 heterocycles. The van der Waals surface area contributed by atoms with Gasteiger partial charge in [0.1, 0.15) is 0 Å².